The minimum Gasteiger partial charge on any atom is -0.481 e. The first-order chi connectivity index (χ1) is 21.6. The lowest BCUT2D eigenvalue weighted by atomic mass is 9.99. The van der Waals surface area contributed by atoms with Crippen LogP contribution in [0.15, 0.2) is 47.8 Å². The molecule has 3 heterocycles. The highest BCUT2D eigenvalue weighted by Crippen LogP contribution is 2.33. The summed E-state index contributed by atoms with van der Waals surface area (Å²) in [6.45, 7) is 7.74. The number of amides is 1. The summed E-state index contributed by atoms with van der Waals surface area (Å²) in [5.41, 5.74) is 1.36. The van der Waals surface area contributed by atoms with Crippen LogP contribution in [-0.4, -0.2) is 66.7 Å². The molecule has 4 rings (SSSR count). The molecule has 2 atom stereocenters. The summed E-state index contributed by atoms with van der Waals surface area (Å²) >= 11 is 0. The molecule has 0 fully saturated rings. The van der Waals surface area contributed by atoms with Crippen LogP contribution in [-0.2, 0) is 22.2 Å². The number of likely N-dealkylation sites (N-methyl/N-ethyl adjacent to an activating group) is 1. The van der Waals surface area contributed by atoms with Gasteiger partial charge in [0.2, 0.25) is 5.91 Å². The third-order valence-electron chi connectivity index (χ3n) is 7.70. The number of nitrogens with one attached hydrogen (secondary N) is 1. The van der Waals surface area contributed by atoms with Crippen molar-refractivity contribution in [3.63, 3.8) is 0 Å². The fourth-order valence-corrected chi connectivity index (χ4v) is 5.53. The van der Waals surface area contributed by atoms with Gasteiger partial charge in [0.05, 0.1) is 23.7 Å². The number of nitrogens with zero attached hydrogens (tertiary/aromatic N) is 6. The molecule has 2 unspecified atom stereocenters. The van der Waals surface area contributed by atoms with E-state index in [0.29, 0.717) is 11.8 Å². The van der Waals surface area contributed by atoms with Crippen LogP contribution in [0.4, 0.5) is 13.2 Å². The molecule has 3 aromatic heterocycles. The van der Waals surface area contributed by atoms with Gasteiger partial charge in [0.15, 0.2) is 5.65 Å². The Morgan fingerprint density at radius 2 is 1.78 bits per heavy atom. The number of pyridine rings is 1. The van der Waals surface area contributed by atoms with Crippen molar-refractivity contribution < 1.29 is 27.9 Å². The average Bonchev–Trinajstić information content (AvgIpc) is 3.42. The SMILES string of the molecule is Cc1cccc(C)c1-c1cn2cnnc2c(C(CC(=O)O)NC(=O)C(CC(C)C)n2cc(CCN(C)C)c(C(F)(F)F)cc2=O)n1. The van der Waals surface area contributed by atoms with Crippen molar-refractivity contribution in [1.82, 2.24) is 34.4 Å². The number of aliphatic carboxylic acids is 1. The largest absolute Gasteiger partial charge is 0.481 e. The van der Waals surface area contributed by atoms with Crippen LogP contribution in [0.1, 0.15) is 66.7 Å². The van der Waals surface area contributed by atoms with Crippen LogP contribution in [0, 0.1) is 19.8 Å². The van der Waals surface area contributed by atoms with E-state index in [2.05, 4.69) is 15.5 Å². The Hall–Kier alpha value is -4.59. The van der Waals surface area contributed by atoms with Gasteiger partial charge in [-0.15, -0.1) is 10.2 Å². The summed E-state index contributed by atoms with van der Waals surface area (Å²) in [4.78, 5) is 45.8. The summed E-state index contributed by atoms with van der Waals surface area (Å²) in [7, 11) is 3.44. The number of hydrogen-bond acceptors (Lipinski definition) is 7. The van der Waals surface area contributed by atoms with Gasteiger partial charge in [-0.1, -0.05) is 32.0 Å². The first-order valence-corrected chi connectivity index (χ1v) is 14.8. The minimum atomic E-state index is -4.77. The topological polar surface area (TPSA) is 135 Å². The van der Waals surface area contributed by atoms with Gasteiger partial charge < -0.3 is 19.9 Å². The third-order valence-corrected chi connectivity index (χ3v) is 7.70. The van der Waals surface area contributed by atoms with Crippen molar-refractivity contribution in [2.24, 2.45) is 5.92 Å². The predicted molar refractivity (Wildman–Crippen MR) is 165 cm³/mol. The van der Waals surface area contributed by atoms with E-state index < -0.39 is 47.7 Å². The van der Waals surface area contributed by atoms with E-state index in [4.69, 9.17) is 4.98 Å². The molecule has 11 nitrogen and oxygen atoms in total. The molecular weight excluding hydrogens is 603 g/mol. The number of carboxylic acids is 1. The Labute approximate surface area is 264 Å². The molecule has 0 saturated carbocycles. The zero-order valence-corrected chi connectivity index (χ0v) is 26.6. The molecular formula is C32H38F3N7O4. The summed E-state index contributed by atoms with van der Waals surface area (Å²) in [5, 5.41) is 20.7. The van der Waals surface area contributed by atoms with Crippen molar-refractivity contribution in [3.8, 4) is 11.3 Å². The summed E-state index contributed by atoms with van der Waals surface area (Å²) in [6, 6.07) is 3.82. The maximum absolute atomic E-state index is 14.0. The number of aromatic nitrogens is 5. The molecule has 0 radical (unpaired) electrons. The van der Waals surface area contributed by atoms with Crippen molar-refractivity contribution in [3.05, 3.63) is 81.3 Å². The highest BCUT2D eigenvalue weighted by atomic mass is 19.4. The number of aryl methyl sites for hydroxylation is 2. The van der Waals surface area contributed by atoms with Crippen LogP contribution in [0.2, 0.25) is 0 Å². The number of carbonyl (C=O) groups excluding carboxylic acids is 1. The Morgan fingerprint density at radius 1 is 1.11 bits per heavy atom. The third kappa shape index (κ3) is 7.79. The lowest BCUT2D eigenvalue weighted by Gasteiger charge is -2.26. The summed E-state index contributed by atoms with van der Waals surface area (Å²) < 4.78 is 44.4. The van der Waals surface area contributed by atoms with E-state index in [1.54, 1.807) is 29.6 Å². The Kier molecular flexibility index (Phi) is 10.3. The van der Waals surface area contributed by atoms with E-state index >= 15 is 0 Å². The number of rotatable bonds is 12. The molecule has 1 aromatic carbocycles. The Morgan fingerprint density at radius 3 is 2.37 bits per heavy atom. The van der Waals surface area contributed by atoms with E-state index in [1.165, 1.54) is 6.33 Å². The quantitative estimate of drug-likeness (QED) is 0.229. The van der Waals surface area contributed by atoms with Crippen LogP contribution in [0.25, 0.3) is 16.9 Å². The summed E-state index contributed by atoms with van der Waals surface area (Å²) in [6.07, 6.45) is -1.01. The molecule has 14 heteroatoms. The molecule has 4 aromatic rings. The normalized spacial score (nSPS) is 13.4. The maximum atomic E-state index is 14.0. The molecule has 0 aliphatic carbocycles. The maximum Gasteiger partial charge on any atom is 0.416 e. The lowest BCUT2D eigenvalue weighted by Crippen LogP contribution is -2.41. The lowest BCUT2D eigenvalue weighted by molar-refractivity contribution is -0.139. The second-order valence-electron chi connectivity index (χ2n) is 12.2. The smallest absolute Gasteiger partial charge is 0.416 e. The van der Waals surface area contributed by atoms with E-state index in [9.17, 15) is 32.7 Å². The first-order valence-electron chi connectivity index (χ1n) is 14.8. The molecule has 0 spiro atoms. The number of hydrogen-bond donors (Lipinski definition) is 2. The number of carboxylic acid groups (broad SMARTS) is 1. The van der Waals surface area contributed by atoms with Crippen LogP contribution in [0.5, 0.6) is 0 Å². The highest BCUT2D eigenvalue weighted by Gasteiger charge is 2.36. The molecule has 0 aliphatic rings. The molecule has 0 saturated heterocycles. The van der Waals surface area contributed by atoms with E-state index in [0.717, 1.165) is 27.5 Å². The molecule has 246 valence electrons. The second-order valence-corrected chi connectivity index (χ2v) is 12.2. The molecule has 2 N–H and O–H groups in total. The van der Waals surface area contributed by atoms with Crippen molar-refractivity contribution in [2.75, 3.05) is 20.6 Å². The first kappa shape index (κ1) is 34.3. The van der Waals surface area contributed by atoms with Crippen molar-refractivity contribution >= 4 is 17.5 Å². The zero-order valence-electron chi connectivity index (χ0n) is 26.6. The number of fused-ring (bicyclic) bond motifs is 1. The Bertz CT molecular complexity index is 1780. The van der Waals surface area contributed by atoms with Gasteiger partial charge in [-0.25, -0.2) is 4.98 Å². The zero-order chi connectivity index (χ0) is 33.9. The number of alkyl halides is 3. The van der Waals surface area contributed by atoms with Crippen LogP contribution < -0.4 is 10.9 Å². The van der Waals surface area contributed by atoms with E-state index in [-0.39, 0.29) is 42.2 Å². The molecule has 0 aliphatic heterocycles. The highest BCUT2D eigenvalue weighted by molar-refractivity contribution is 5.82. The fraction of sp³-hybridized carbons (Fsp3) is 0.438. The van der Waals surface area contributed by atoms with Gasteiger partial charge in [0.25, 0.3) is 5.56 Å². The van der Waals surface area contributed by atoms with Crippen molar-refractivity contribution in [2.45, 2.75) is 65.2 Å². The van der Waals surface area contributed by atoms with Gasteiger partial charge in [-0.05, 0) is 63.4 Å². The van der Waals surface area contributed by atoms with Gasteiger partial charge in [0, 0.05) is 30.6 Å². The van der Waals surface area contributed by atoms with Gasteiger partial charge >= 0.3 is 12.1 Å². The molecule has 0 bridgehead atoms. The van der Waals surface area contributed by atoms with Gasteiger partial charge in [-0.3, -0.25) is 18.8 Å². The Balaban J connectivity index is 1.82. The van der Waals surface area contributed by atoms with E-state index in [1.807, 2.05) is 45.9 Å². The second kappa shape index (κ2) is 13.8. The average molecular weight is 642 g/mol. The van der Waals surface area contributed by atoms with Gasteiger partial charge in [0.1, 0.15) is 18.1 Å². The minimum absolute atomic E-state index is 0.0142. The van der Waals surface area contributed by atoms with Crippen LogP contribution in [0.3, 0.4) is 0 Å². The van der Waals surface area contributed by atoms with Crippen LogP contribution >= 0.6 is 0 Å². The number of halogens is 3. The standard InChI is InChI=1S/C32H38F3N7O4/c1-18(2)12-25(42-15-21(10-11-40(5)6)22(13-26(42)43)32(33,34)35)31(46)38-23(14-27(44)45)29-30-39-36-17-41(30)16-24(37-29)28-19(3)8-7-9-20(28)4/h7-9,13,15-18,23,25H,10-12,14H2,1-6H3,(H,38,46)(H,44,45). The number of carbonyl (C=O) groups is 2. The predicted octanol–water partition coefficient (Wildman–Crippen LogP) is 4.61. The molecule has 46 heavy (non-hydrogen) atoms. The number of benzene rings is 1. The summed E-state index contributed by atoms with van der Waals surface area (Å²) in [5.74, 6) is -2.13. The monoisotopic (exact) mass is 641 g/mol. The fourth-order valence-electron chi connectivity index (χ4n) is 5.53. The van der Waals surface area contributed by atoms with Gasteiger partial charge in [-0.2, -0.15) is 13.2 Å². The van der Waals surface area contributed by atoms with Crippen molar-refractivity contribution in [1.29, 1.82) is 0 Å². The molecule has 1 amide bonds.